The molecule has 0 radical (unpaired) electrons. The molecule has 1 rings (SSSR count). The minimum atomic E-state index is -4.96. The molecule has 0 aromatic carbocycles. The lowest BCUT2D eigenvalue weighted by Crippen LogP contribution is -2.49. The average molecular weight is 363 g/mol. The molecule has 1 heterocycles. The number of piperidine rings is 1. The Morgan fingerprint density at radius 3 is 2.29 bits per heavy atom. The summed E-state index contributed by atoms with van der Waals surface area (Å²) in [6.45, 7) is 0.543. The van der Waals surface area contributed by atoms with Gasteiger partial charge in [0.05, 0.1) is 6.10 Å². The fraction of sp³-hybridized carbons (Fsp3) is 1.00. The molecule has 0 bridgehead atoms. The Morgan fingerprint density at radius 1 is 1.29 bits per heavy atom. The van der Waals surface area contributed by atoms with Crippen molar-refractivity contribution in [1.82, 2.24) is 4.90 Å². The SMILES string of the molecule is COC(CCS)CN1CCCC(P(=O)(O)O)(P(=O)(O)O)C1. The monoisotopic (exact) mass is 363 g/mol. The van der Waals surface area contributed by atoms with Crippen LogP contribution in [0.5, 0.6) is 0 Å². The Morgan fingerprint density at radius 2 is 1.86 bits per heavy atom. The van der Waals surface area contributed by atoms with Crippen LogP contribution in [0.3, 0.4) is 0 Å². The molecule has 11 heteroatoms. The van der Waals surface area contributed by atoms with E-state index >= 15 is 0 Å². The molecule has 126 valence electrons. The molecule has 0 aromatic heterocycles. The highest BCUT2D eigenvalue weighted by molar-refractivity contribution is 7.80. The van der Waals surface area contributed by atoms with Crippen LogP contribution >= 0.6 is 27.8 Å². The van der Waals surface area contributed by atoms with Gasteiger partial charge in [0.2, 0.25) is 0 Å². The van der Waals surface area contributed by atoms with E-state index in [2.05, 4.69) is 12.6 Å². The quantitative estimate of drug-likeness (QED) is 0.326. The average Bonchev–Trinajstić information content (AvgIpc) is 2.36. The van der Waals surface area contributed by atoms with Crippen molar-refractivity contribution in [3.8, 4) is 0 Å². The lowest BCUT2D eigenvalue weighted by Gasteiger charge is -2.43. The van der Waals surface area contributed by atoms with Gasteiger partial charge >= 0.3 is 15.2 Å². The fourth-order valence-electron chi connectivity index (χ4n) is 2.62. The number of thiol groups is 1. The number of ether oxygens (including phenoxy) is 1. The van der Waals surface area contributed by atoms with E-state index in [1.807, 2.05) is 0 Å². The fourth-order valence-corrected chi connectivity index (χ4v) is 5.93. The third-order valence-electron chi connectivity index (χ3n) is 3.86. The van der Waals surface area contributed by atoms with E-state index in [1.165, 1.54) is 7.11 Å². The first-order valence-corrected chi connectivity index (χ1v) is 10.4. The van der Waals surface area contributed by atoms with E-state index in [-0.39, 0.29) is 19.1 Å². The molecule has 0 saturated carbocycles. The molecule has 1 saturated heterocycles. The zero-order valence-electron chi connectivity index (χ0n) is 11.8. The Bertz CT molecular complexity index is 415. The van der Waals surface area contributed by atoms with Crippen LogP contribution in [0.4, 0.5) is 0 Å². The van der Waals surface area contributed by atoms with Gasteiger partial charge in [-0.1, -0.05) is 0 Å². The zero-order chi connectivity index (χ0) is 16.3. The van der Waals surface area contributed by atoms with Crippen molar-refractivity contribution in [3.63, 3.8) is 0 Å². The van der Waals surface area contributed by atoms with Crippen LogP contribution in [0.25, 0.3) is 0 Å². The highest BCUT2D eigenvalue weighted by Crippen LogP contribution is 2.71. The largest absolute Gasteiger partial charge is 0.380 e. The number of methoxy groups -OCH3 is 1. The van der Waals surface area contributed by atoms with E-state index in [9.17, 15) is 28.7 Å². The van der Waals surface area contributed by atoms with E-state index in [0.717, 1.165) is 0 Å². The third kappa shape index (κ3) is 4.53. The summed E-state index contributed by atoms with van der Waals surface area (Å²) >= 11 is 4.11. The summed E-state index contributed by atoms with van der Waals surface area (Å²) in [5, 5.41) is 0. The molecule has 0 amide bonds. The van der Waals surface area contributed by atoms with Crippen molar-refractivity contribution < 1.29 is 33.4 Å². The molecule has 1 aliphatic heterocycles. The third-order valence-corrected chi connectivity index (χ3v) is 8.58. The summed E-state index contributed by atoms with van der Waals surface area (Å²) in [6, 6.07) is 0. The Balaban J connectivity index is 2.95. The van der Waals surface area contributed by atoms with Crippen LogP contribution in [-0.4, -0.2) is 68.0 Å². The lowest BCUT2D eigenvalue weighted by atomic mass is 10.1. The molecule has 0 aliphatic carbocycles. The summed E-state index contributed by atoms with van der Waals surface area (Å²) in [6.07, 6.45) is 0.580. The highest BCUT2D eigenvalue weighted by Gasteiger charge is 2.61. The van der Waals surface area contributed by atoms with Crippen LogP contribution in [-0.2, 0) is 13.9 Å². The van der Waals surface area contributed by atoms with Gasteiger partial charge in [-0.25, -0.2) is 0 Å². The Kier molecular flexibility index (Phi) is 6.94. The maximum Gasteiger partial charge on any atom is 0.345 e. The van der Waals surface area contributed by atoms with Gasteiger partial charge in [0.1, 0.15) is 0 Å². The van der Waals surface area contributed by atoms with Crippen molar-refractivity contribution in [2.45, 2.75) is 30.3 Å². The van der Waals surface area contributed by atoms with E-state index in [0.29, 0.717) is 31.7 Å². The molecule has 1 aliphatic rings. The first-order valence-electron chi connectivity index (χ1n) is 6.54. The van der Waals surface area contributed by atoms with Crippen molar-refractivity contribution in [2.24, 2.45) is 0 Å². The van der Waals surface area contributed by atoms with Crippen molar-refractivity contribution >= 4 is 27.8 Å². The predicted octanol–water partition coefficient (Wildman–Crippen LogP) is 0.469. The molecular formula is C10H23NO7P2S. The second-order valence-corrected chi connectivity index (χ2v) is 9.97. The normalized spacial score (nSPS) is 22.2. The van der Waals surface area contributed by atoms with Crippen LogP contribution in [0.2, 0.25) is 0 Å². The molecule has 8 nitrogen and oxygen atoms in total. The number of hydrogen-bond donors (Lipinski definition) is 5. The predicted molar refractivity (Wildman–Crippen MR) is 81.8 cm³/mol. The molecule has 0 aromatic rings. The summed E-state index contributed by atoms with van der Waals surface area (Å²) in [5.41, 5.74) is 0. The zero-order valence-corrected chi connectivity index (χ0v) is 14.5. The van der Waals surface area contributed by atoms with Gasteiger partial charge in [-0.15, -0.1) is 0 Å². The van der Waals surface area contributed by atoms with E-state index in [1.54, 1.807) is 4.90 Å². The van der Waals surface area contributed by atoms with Crippen molar-refractivity contribution in [1.29, 1.82) is 0 Å². The molecule has 1 unspecified atom stereocenters. The molecular weight excluding hydrogens is 340 g/mol. The van der Waals surface area contributed by atoms with Gasteiger partial charge in [0.25, 0.3) is 0 Å². The van der Waals surface area contributed by atoms with Crippen LogP contribution in [0.15, 0.2) is 0 Å². The first kappa shape index (κ1) is 19.6. The van der Waals surface area contributed by atoms with Crippen LogP contribution in [0.1, 0.15) is 19.3 Å². The van der Waals surface area contributed by atoms with Gasteiger partial charge < -0.3 is 24.3 Å². The molecule has 21 heavy (non-hydrogen) atoms. The molecule has 1 fully saturated rings. The van der Waals surface area contributed by atoms with Gasteiger partial charge in [-0.3, -0.25) is 14.0 Å². The number of likely N-dealkylation sites (tertiary alicyclic amines) is 1. The second-order valence-electron chi connectivity index (χ2n) is 5.28. The highest BCUT2D eigenvalue weighted by atomic mass is 32.1. The van der Waals surface area contributed by atoms with Gasteiger partial charge in [0.15, 0.2) is 4.90 Å². The van der Waals surface area contributed by atoms with Crippen molar-refractivity contribution in [2.75, 3.05) is 32.5 Å². The van der Waals surface area contributed by atoms with Gasteiger partial charge in [-0.2, -0.15) is 12.6 Å². The molecule has 4 N–H and O–H groups in total. The van der Waals surface area contributed by atoms with Crippen LogP contribution in [0, 0.1) is 0 Å². The standard InChI is InChI=1S/C10H23NO7P2S/c1-18-9(3-6-21)7-11-5-2-4-10(8-11,19(12,13)14)20(15,16)17/h9,21H,2-8H2,1H3,(H2,12,13,14)(H2,15,16,17). The lowest BCUT2D eigenvalue weighted by molar-refractivity contribution is 0.0511. The number of rotatable bonds is 7. The van der Waals surface area contributed by atoms with Gasteiger partial charge in [-0.05, 0) is 31.6 Å². The summed E-state index contributed by atoms with van der Waals surface area (Å²) < 4.78 is 28.7. The molecule has 1 atom stereocenters. The van der Waals surface area contributed by atoms with Crippen molar-refractivity contribution in [3.05, 3.63) is 0 Å². The topological polar surface area (TPSA) is 128 Å². The second kappa shape index (κ2) is 7.43. The van der Waals surface area contributed by atoms with Crippen LogP contribution < -0.4 is 0 Å². The minimum Gasteiger partial charge on any atom is -0.380 e. The summed E-state index contributed by atoms with van der Waals surface area (Å²) in [4.78, 5) is 37.3. The smallest absolute Gasteiger partial charge is 0.345 e. The Labute approximate surface area is 129 Å². The maximum absolute atomic E-state index is 11.7. The minimum absolute atomic E-state index is 0.188. The van der Waals surface area contributed by atoms with E-state index in [4.69, 9.17) is 4.74 Å². The first-order chi connectivity index (χ1) is 9.57. The Hall–Kier alpha value is 0.570. The van der Waals surface area contributed by atoms with E-state index < -0.39 is 20.1 Å². The number of hydrogen-bond acceptors (Lipinski definition) is 5. The summed E-state index contributed by atoms with van der Waals surface area (Å²) in [5.74, 6) is 0.592. The summed E-state index contributed by atoms with van der Waals surface area (Å²) in [7, 11) is -8.39. The van der Waals surface area contributed by atoms with Gasteiger partial charge in [0, 0.05) is 20.2 Å². The molecule has 0 spiro atoms. The maximum atomic E-state index is 11.7. The number of nitrogens with zero attached hydrogens (tertiary/aromatic N) is 1.